The van der Waals surface area contributed by atoms with Crippen LogP contribution in [0.1, 0.15) is 36.1 Å². The average Bonchev–Trinajstić information content (AvgIpc) is 3.05. The molecule has 0 aromatic carbocycles. The van der Waals surface area contributed by atoms with Gasteiger partial charge in [0.25, 0.3) is 5.78 Å². The van der Waals surface area contributed by atoms with Gasteiger partial charge in [0.2, 0.25) is 0 Å². The van der Waals surface area contributed by atoms with Crippen molar-refractivity contribution in [3.05, 3.63) is 17.6 Å². The molecule has 19 heavy (non-hydrogen) atoms. The molecule has 0 aliphatic carbocycles. The van der Waals surface area contributed by atoms with Gasteiger partial charge in [-0.2, -0.15) is 9.50 Å². The van der Waals surface area contributed by atoms with Crippen LogP contribution in [0, 0.1) is 0 Å². The van der Waals surface area contributed by atoms with Crippen molar-refractivity contribution < 1.29 is 9.90 Å². The summed E-state index contributed by atoms with van der Waals surface area (Å²) in [4.78, 5) is 21.6. The van der Waals surface area contributed by atoms with Crippen molar-refractivity contribution in [2.45, 2.75) is 26.2 Å². The lowest BCUT2D eigenvalue weighted by Crippen LogP contribution is -2.22. The van der Waals surface area contributed by atoms with Crippen molar-refractivity contribution in [1.29, 1.82) is 0 Å². The van der Waals surface area contributed by atoms with Crippen LogP contribution in [0.5, 0.6) is 0 Å². The molecule has 0 spiro atoms. The number of rotatable bonds is 3. The van der Waals surface area contributed by atoms with Crippen molar-refractivity contribution in [2.75, 3.05) is 18.0 Å². The molecule has 1 N–H and O–H groups in total. The predicted octanol–water partition coefficient (Wildman–Crippen LogP) is 0.985. The Hall–Kier alpha value is -2.18. The van der Waals surface area contributed by atoms with Gasteiger partial charge in [0, 0.05) is 25.6 Å². The number of aromatic carboxylic acids is 1. The van der Waals surface area contributed by atoms with Crippen LogP contribution in [0.15, 0.2) is 6.07 Å². The minimum atomic E-state index is -1.04. The Balaban J connectivity index is 2.20. The Bertz CT molecular complexity index is 630. The smallest absolute Gasteiger partial charge is 0.354 e. The summed E-state index contributed by atoms with van der Waals surface area (Å²) in [6.07, 6.45) is 2.92. The zero-order chi connectivity index (χ0) is 13.4. The predicted molar refractivity (Wildman–Crippen MR) is 68.6 cm³/mol. The summed E-state index contributed by atoms with van der Waals surface area (Å²) in [6, 6.07) is 1.58. The minimum absolute atomic E-state index is 0.0180. The highest BCUT2D eigenvalue weighted by Crippen LogP contribution is 2.21. The molecule has 7 nitrogen and oxygen atoms in total. The van der Waals surface area contributed by atoms with Gasteiger partial charge in [-0.1, -0.05) is 6.92 Å². The first-order valence-electron chi connectivity index (χ1n) is 6.44. The van der Waals surface area contributed by atoms with E-state index in [0.717, 1.165) is 31.7 Å². The second kappa shape index (κ2) is 4.49. The third kappa shape index (κ3) is 2.00. The molecular weight excluding hydrogens is 246 g/mol. The molecule has 0 amide bonds. The van der Waals surface area contributed by atoms with Crippen LogP contribution in [-0.2, 0) is 6.42 Å². The van der Waals surface area contributed by atoms with Crippen LogP contribution in [0.25, 0.3) is 5.78 Å². The molecule has 0 bridgehead atoms. The monoisotopic (exact) mass is 261 g/mol. The molecular formula is C12H15N5O2. The molecule has 1 aliphatic rings. The summed E-state index contributed by atoms with van der Waals surface area (Å²) < 4.78 is 1.65. The number of carbonyl (C=O) groups is 1. The highest BCUT2D eigenvalue weighted by Gasteiger charge is 2.20. The molecule has 3 heterocycles. The van der Waals surface area contributed by atoms with Gasteiger partial charge < -0.3 is 10.0 Å². The van der Waals surface area contributed by atoms with Crippen molar-refractivity contribution in [3.8, 4) is 0 Å². The normalized spacial score (nSPS) is 15.3. The molecule has 100 valence electrons. The van der Waals surface area contributed by atoms with Crippen LogP contribution < -0.4 is 4.90 Å². The number of hydrogen-bond donors (Lipinski definition) is 1. The van der Waals surface area contributed by atoms with Gasteiger partial charge in [-0.15, -0.1) is 5.10 Å². The fourth-order valence-corrected chi connectivity index (χ4v) is 2.33. The van der Waals surface area contributed by atoms with Crippen LogP contribution in [0.4, 0.5) is 5.82 Å². The minimum Gasteiger partial charge on any atom is -0.477 e. The number of fused-ring (bicyclic) bond motifs is 1. The van der Waals surface area contributed by atoms with Gasteiger partial charge in [-0.25, -0.2) is 9.78 Å². The molecule has 0 atom stereocenters. The van der Waals surface area contributed by atoms with Gasteiger partial charge >= 0.3 is 5.97 Å². The molecule has 1 fully saturated rings. The summed E-state index contributed by atoms with van der Waals surface area (Å²) >= 11 is 0. The Labute approximate surface area is 109 Å². The molecule has 0 saturated carbocycles. The van der Waals surface area contributed by atoms with E-state index in [2.05, 4.69) is 20.0 Å². The molecule has 3 rings (SSSR count). The topological polar surface area (TPSA) is 83.6 Å². The fraction of sp³-hybridized carbons (Fsp3) is 0.500. The Kier molecular flexibility index (Phi) is 2.81. The lowest BCUT2D eigenvalue weighted by molar-refractivity contribution is 0.0690. The van der Waals surface area contributed by atoms with E-state index in [1.54, 1.807) is 10.6 Å². The van der Waals surface area contributed by atoms with Crippen molar-refractivity contribution in [1.82, 2.24) is 19.6 Å². The second-order valence-corrected chi connectivity index (χ2v) is 4.59. The van der Waals surface area contributed by atoms with Crippen molar-refractivity contribution >= 4 is 17.6 Å². The summed E-state index contributed by atoms with van der Waals surface area (Å²) in [5.41, 5.74) is 0.0180. The summed E-state index contributed by atoms with van der Waals surface area (Å²) in [7, 11) is 0. The number of aryl methyl sites for hydroxylation is 1. The lowest BCUT2D eigenvalue weighted by Gasteiger charge is -2.18. The maximum atomic E-state index is 11.1. The molecule has 7 heteroatoms. The van der Waals surface area contributed by atoms with E-state index < -0.39 is 5.97 Å². The summed E-state index contributed by atoms with van der Waals surface area (Å²) in [6.45, 7) is 3.79. The molecule has 2 aromatic heterocycles. The highest BCUT2D eigenvalue weighted by molar-refractivity contribution is 5.87. The summed E-state index contributed by atoms with van der Waals surface area (Å²) in [5, 5.41) is 13.5. The Morgan fingerprint density at radius 2 is 2.11 bits per heavy atom. The van der Waals surface area contributed by atoms with Crippen molar-refractivity contribution in [3.63, 3.8) is 0 Å². The van der Waals surface area contributed by atoms with E-state index in [1.165, 1.54) is 0 Å². The van der Waals surface area contributed by atoms with Gasteiger partial charge in [0.1, 0.15) is 5.82 Å². The number of carboxylic acid groups (broad SMARTS) is 1. The Morgan fingerprint density at radius 1 is 1.37 bits per heavy atom. The number of hydrogen-bond acceptors (Lipinski definition) is 5. The third-order valence-corrected chi connectivity index (χ3v) is 3.30. The second-order valence-electron chi connectivity index (χ2n) is 4.59. The van der Waals surface area contributed by atoms with E-state index in [4.69, 9.17) is 5.11 Å². The van der Waals surface area contributed by atoms with Gasteiger partial charge in [-0.05, 0) is 12.8 Å². The molecule has 2 aromatic rings. The van der Waals surface area contributed by atoms with E-state index >= 15 is 0 Å². The molecule has 1 saturated heterocycles. The quantitative estimate of drug-likeness (QED) is 0.886. The van der Waals surface area contributed by atoms with E-state index in [-0.39, 0.29) is 5.69 Å². The SMILES string of the molecule is CCc1nc2nc(C(=O)O)cc(N3CCCC3)n2n1. The number of aromatic nitrogens is 4. The van der Waals surface area contributed by atoms with Gasteiger partial charge in [-0.3, -0.25) is 0 Å². The first-order valence-corrected chi connectivity index (χ1v) is 6.44. The standard InChI is InChI=1S/C12H15N5O2/c1-2-9-14-12-13-8(11(18)19)7-10(17(12)15-9)16-5-3-4-6-16/h7H,2-6H2,1H3,(H,18,19). The fourth-order valence-electron chi connectivity index (χ4n) is 2.33. The van der Waals surface area contributed by atoms with Gasteiger partial charge in [0.15, 0.2) is 11.5 Å². The maximum absolute atomic E-state index is 11.1. The highest BCUT2D eigenvalue weighted by atomic mass is 16.4. The van der Waals surface area contributed by atoms with Gasteiger partial charge in [0.05, 0.1) is 0 Å². The van der Waals surface area contributed by atoms with E-state index in [1.807, 2.05) is 6.92 Å². The first-order chi connectivity index (χ1) is 9.19. The average molecular weight is 261 g/mol. The van der Waals surface area contributed by atoms with Crippen LogP contribution in [-0.4, -0.2) is 43.7 Å². The number of anilines is 1. The molecule has 0 unspecified atom stereocenters. The Morgan fingerprint density at radius 3 is 2.74 bits per heavy atom. The largest absolute Gasteiger partial charge is 0.477 e. The van der Waals surface area contributed by atoms with Crippen molar-refractivity contribution in [2.24, 2.45) is 0 Å². The van der Waals surface area contributed by atoms with E-state index in [0.29, 0.717) is 18.0 Å². The lowest BCUT2D eigenvalue weighted by atomic mass is 10.3. The summed E-state index contributed by atoms with van der Waals surface area (Å²) in [5.74, 6) is 0.769. The van der Waals surface area contributed by atoms with E-state index in [9.17, 15) is 4.79 Å². The zero-order valence-corrected chi connectivity index (χ0v) is 10.7. The molecule has 0 radical (unpaired) electrons. The number of nitrogens with zero attached hydrogens (tertiary/aromatic N) is 5. The third-order valence-electron chi connectivity index (χ3n) is 3.30. The van der Waals surface area contributed by atoms with Crippen LogP contribution in [0.2, 0.25) is 0 Å². The number of carboxylic acids is 1. The zero-order valence-electron chi connectivity index (χ0n) is 10.7. The van der Waals surface area contributed by atoms with Crippen LogP contribution >= 0.6 is 0 Å². The first kappa shape index (κ1) is 11.9. The van der Waals surface area contributed by atoms with Crippen LogP contribution in [0.3, 0.4) is 0 Å². The molecule has 1 aliphatic heterocycles. The maximum Gasteiger partial charge on any atom is 0.354 e.